The van der Waals surface area contributed by atoms with Gasteiger partial charge in [0.1, 0.15) is 0 Å². The molecule has 126 valence electrons. The Bertz CT molecular complexity index is 366. The van der Waals surface area contributed by atoms with E-state index < -0.39 is 10.2 Å². The number of piperidine rings is 1. The van der Waals surface area contributed by atoms with E-state index in [0.717, 1.165) is 25.8 Å². The van der Waals surface area contributed by atoms with Crippen molar-refractivity contribution in [1.82, 2.24) is 14.3 Å². The highest BCUT2D eigenvalue weighted by Crippen LogP contribution is 2.18. The third kappa shape index (κ3) is 7.56. The van der Waals surface area contributed by atoms with Crippen LogP contribution in [-0.2, 0) is 14.9 Å². The van der Waals surface area contributed by atoms with Crippen LogP contribution in [0, 0.1) is 11.8 Å². The van der Waals surface area contributed by atoms with Gasteiger partial charge >= 0.3 is 0 Å². The lowest BCUT2D eigenvalue weighted by Crippen LogP contribution is -2.46. The highest BCUT2D eigenvalue weighted by atomic mass is 32.2. The molecule has 1 rings (SSSR count). The maximum Gasteiger partial charge on any atom is 0.279 e. The van der Waals surface area contributed by atoms with Crippen molar-refractivity contribution >= 4 is 10.2 Å². The van der Waals surface area contributed by atoms with E-state index >= 15 is 0 Å². The highest BCUT2D eigenvalue weighted by Gasteiger charge is 2.27. The van der Waals surface area contributed by atoms with Gasteiger partial charge in [-0.05, 0) is 44.7 Å². The van der Waals surface area contributed by atoms with Crippen molar-refractivity contribution in [3.05, 3.63) is 0 Å². The molecular weight excluding hydrogens is 290 g/mol. The Morgan fingerprint density at radius 1 is 1.24 bits per heavy atom. The van der Waals surface area contributed by atoms with E-state index in [4.69, 9.17) is 4.74 Å². The molecule has 2 N–H and O–H groups in total. The first-order chi connectivity index (χ1) is 9.95. The van der Waals surface area contributed by atoms with Gasteiger partial charge in [-0.25, -0.2) is 0 Å². The molecule has 0 amide bonds. The molecule has 6 nitrogen and oxygen atoms in total. The molecule has 0 radical (unpaired) electrons. The average molecular weight is 321 g/mol. The lowest BCUT2D eigenvalue weighted by atomic mass is 9.98. The topological polar surface area (TPSA) is 70.7 Å². The second-order valence-electron chi connectivity index (χ2n) is 6.09. The van der Waals surface area contributed by atoms with Crippen molar-refractivity contribution in [2.75, 3.05) is 46.4 Å². The van der Waals surface area contributed by atoms with Crippen molar-refractivity contribution in [3.8, 4) is 0 Å². The lowest BCUT2D eigenvalue weighted by Gasteiger charge is -2.31. The molecule has 0 atom stereocenters. The zero-order valence-corrected chi connectivity index (χ0v) is 14.4. The van der Waals surface area contributed by atoms with Gasteiger partial charge in [0.15, 0.2) is 0 Å². The van der Waals surface area contributed by atoms with Gasteiger partial charge in [-0.15, -0.1) is 0 Å². The van der Waals surface area contributed by atoms with Crippen molar-refractivity contribution < 1.29 is 13.2 Å². The fraction of sp³-hybridized carbons (Fsp3) is 1.00. The summed E-state index contributed by atoms with van der Waals surface area (Å²) in [6.45, 7) is 7.93. The standard InChI is InChI=1S/C14H31N3O3S/c1-13(2)6-10-20-11-7-16-21(18,19)17-8-4-14(5-9-17)12-15-3/h13-16H,4-12H2,1-3H3. The van der Waals surface area contributed by atoms with Crippen LogP contribution in [0.1, 0.15) is 33.1 Å². The number of ether oxygens (including phenoxy) is 1. The second-order valence-corrected chi connectivity index (χ2v) is 7.85. The Balaban J connectivity index is 2.19. The molecule has 1 heterocycles. The number of hydrogen-bond acceptors (Lipinski definition) is 4. The number of rotatable bonds is 10. The SMILES string of the molecule is CNCC1CCN(S(=O)(=O)NCCOCCC(C)C)CC1. The van der Waals surface area contributed by atoms with Gasteiger partial charge in [0.25, 0.3) is 10.2 Å². The van der Waals surface area contributed by atoms with Crippen molar-refractivity contribution in [2.45, 2.75) is 33.1 Å². The largest absolute Gasteiger partial charge is 0.380 e. The predicted molar refractivity (Wildman–Crippen MR) is 85.4 cm³/mol. The molecule has 0 bridgehead atoms. The molecule has 1 aliphatic rings. The van der Waals surface area contributed by atoms with Crippen LogP contribution in [0.25, 0.3) is 0 Å². The Morgan fingerprint density at radius 2 is 1.90 bits per heavy atom. The van der Waals surface area contributed by atoms with Gasteiger partial charge in [0.05, 0.1) is 6.61 Å². The number of hydrogen-bond donors (Lipinski definition) is 2. The molecule has 1 fully saturated rings. The summed E-state index contributed by atoms with van der Waals surface area (Å²) in [5.41, 5.74) is 0. The minimum absolute atomic E-state index is 0.344. The third-order valence-electron chi connectivity index (χ3n) is 3.78. The van der Waals surface area contributed by atoms with E-state index in [1.165, 1.54) is 0 Å². The first kappa shape index (κ1) is 18.8. The summed E-state index contributed by atoms with van der Waals surface area (Å²) in [6, 6.07) is 0. The molecule has 1 aliphatic heterocycles. The van der Waals surface area contributed by atoms with E-state index in [0.29, 0.717) is 44.7 Å². The number of nitrogens with one attached hydrogen (secondary N) is 2. The summed E-state index contributed by atoms with van der Waals surface area (Å²) in [5.74, 6) is 1.20. The van der Waals surface area contributed by atoms with E-state index in [2.05, 4.69) is 23.9 Å². The normalized spacial score (nSPS) is 18.5. The van der Waals surface area contributed by atoms with Crippen LogP contribution in [0.5, 0.6) is 0 Å². The first-order valence-corrected chi connectivity index (χ1v) is 9.36. The zero-order valence-electron chi connectivity index (χ0n) is 13.6. The average Bonchev–Trinajstić information content (AvgIpc) is 2.43. The molecular formula is C14H31N3O3S. The highest BCUT2D eigenvalue weighted by molar-refractivity contribution is 7.87. The van der Waals surface area contributed by atoms with E-state index in [1.807, 2.05) is 7.05 Å². The van der Waals surface area contributed by atoms with Gasteiger partial charge in [-0.2, -0.15) is 17.4 Å². The Kier molecular flexibility index (Phi) is 8.73. The molecule has 21 heavy (non-hydrogen) atoms. The van der Waals surface area contributed by atoms with Crippen LogP contribution in [0.2, 0.25) is 0 Å². The molecule has 0 aromatic rings. The second kappa shape index (κ2) is 9.74. The minimum Gasteiger partial charge on any atom is -0.380 e. The Morgan fingerprint density at radius 3 is 2.48 bits per heavy atom. The molecule has 0 aromatic heterocycles. The molecule has 0 spiro atoms. The summed E-state index contributed by atoms with van der Waals surface area (Å²) in [7, 11) is -1.41. The first-order valence-electron chi connectivity index (χ1n) is 7.92. The van der Waals surface area contributed by atoms with Gasteiger partial charge in [0.2, 0.25) is 0 Å². The fourth-order valence-corrected chi connectivity index (χ4v) is 3.61. The molecule has 0 unspecified atom stereocenters. The molecule has 7 heteroatoms. The van der Waals surface area contributed by atoms with Gasteiger partial charge in [-0.1, -0.05) is 13.8 Å². The van der Waals surface area contributed by atoms with Crippen molar-refractivity contribution in [3.63, 3.8) is 0 Å². The van der Waals surface area contributed by atoms with Crippen molar-refractivity contribution in [1.29, 1.82) is 0 Å². The predicted octanol–water partition coefficient (Wildman–Crippen LogP) is 0.815. The lowest BCUT2D eigenvalue weighted by molar-refractivity contribution is 0.128. The summed E-state index contributed by atoms with van der Waals surface area (Å²) < 4.78 is 33.9. The Labute approximate surface area is 129 Å². The Hall–Kier alpha value is -0.210. The maximum absolute atomic E-state index is 12.1. The quantitative estimate of drug-likeness (QED) is 0.584. The maximum atomic E-state index is 12.1. The van der Waals surface area contributed by atoms with E-state index in [9.17, 15) is 8.42 Å². The van der Waals surface area contributed by atoms with E-state index in [1.54, 1.807) is 4.31 Å². The summed E-state index contributed by atoms with van der Waals surface area (Å²) >= 11 is 0. The van der Waals surface area contributed by atoms with Crippen LogP contribution in [0.4, 0.5) is 0 Å². The van der Waals surface area contributed by atoms with Crippen LogP contribution in [0.3, 0.4) is 0 Å². The monoisotopic (exact) mass is 321 g/mol. The third-order valence-corrected chi connectivity index (χ3v) is 5.39. The van der Waals surface area contributed by atoms with Crippen LogP contribution in [0.15, 0.2) is 0 Å². The van der Waals surface area contributed by atoms with Gasteiger partial charge < -0.3 is 10.1 Å². The molecule has 0 saturated carbocycles. The van der Waals surface area contributed by atoms with Crippen LogP contribution in [-0.4, -0.2) is 59.2 Å². The summed E-state index contributed by atoms with van der Waals surface area (Å²) in [5, 5.41) is 3.15. The van der Waals surface area contributed by atoms with Gasteiger partial charge in [-0.3, -0.25) is 0 Å². The smallest absolute Gasteiger partial charge is 0.279 e. The molecule has 0 aromatic carbocycles. The van der Waals surface area contributed by atoms with E-state index in [-0.39, 0.29) is 0 Å². The summed E-state index contributed by atoms with van der Waals surface area (Å²) in [6.07, 6.45) is 2.85. The zero-order chi connectivity index (χ0) is 15.7. The van der Waals surface area contributed by atoms with Gasteiger partial charge in [0, 0.05) is 26.2 Å². The molecule has 0 aliphatic carbocycles. The van der Waals surface area contributed by atoms with Crippen LogP contribution < -0.4 is 10.0 Å². The minimum atomic E-state index is -3.34. The number of nitrogens with zero attached hydrogens (tertiary/aromatic N) is 1. The van der Waals surface area contributed by atoms with Crippen LogP contribution >= 0.6 is 0 Å². The fourth-order valence-electron chi connectivity index (χ4n) is 2.40. The summed E-state index contributed by atoms with van der Waals surface area (Å²) in [4.78, 5) is 0. The molecule has 1 saturated heterocycles. The van der Waals surface area contributed by atoms with Crippen molar-refractivity contribution in [2.24, 2.45) is 11.8 Å².